The fourth-order valence-corrected chi connectivity index (χ4v) is 10.0. The van der Waals surface area contributed by atoms with Crippen molar-refractivity contribution in [3.05, 3.63) is 120 Å². The third kappa shape index (κ3) is 3.25. The first kappa shape index (κ1) is 19.2. The Bertz CT molecular complexity index is 953. The van der Waals surface area contributed by atoms with E-state index in [2.05, 4.69) is 77.8 Å². The number of rotatable bonds is 5. The number of aromatic nitrogens is 1. The van der Waals surface area contributed by atoms with Gasteiger partial charge in [-0.3, -0.25) is 0 Å². The van der Waals surface area contributed by atoms with Crippen molar-refractivity contribution in [3.8, 4) is 0 Å². The molecule has 0 fully saturated rings. The number of benzene rings is 3. The molecule has 3 aromatic carbocycles. The van der Waals surface area contributed by atoms with Gasteiger partial charge in [0.1, 0.15) is 0 Å². The Hall–Kier alpha value is -2.18. The summed E-state index contributed by atoms with van der Waals surface area (Å²) in [4.78, 5) is 4.30. The molecule has 0 bridgehead atoms. The van der Waals surface area contributed by atoms with E-state index in [-0.39, 0.29) is 0 Å². The normalized spacial score (nSPS) is 12.9. The van der Waals surface area contributed by atoms with Crippen LogP contribution in [0.3, 0.4) is 0 Å². The van der Waals surface area contributed by atoms with Gasteiger partial charge in [0, 0.05) is 0 Å². The predicted molar refractivity (Wildman–Crippen MR) is 124 cm³/mol. The molecule has 0 aliphatic carbocycles. The van der Waals surface area contributed by atoms with E-state index < -0.39 is 5.96 Å². The number of hydrogen-bond donors (Lipinski definition) is 0. The second-order valence-electron chi connectivity index (χ2n) is 6.84. The molecule has 28 heavy (non-hydrogen) atoms. The van der Waals surface area contributed by atoms with Crippen molar-refractivity contribution in [3.63, 3.8) is 0 Å². The molecular weight excluding hydrogens is 404 g/mol. The molecule has 0 saturated carbocycles. The predicted octanol–water partition coefficient (Wildman–Crippen LogP) is 5.92. The van der Waals surface area contributed by atoms with Gasteiger partial charge in [-0.05, 0) is 0 Å². The van der Waals surface area contributed by atoms with Crippen LogP contribution in [0.5, 0.6) is 0 Å². The Morgan fingerprint density at radius 1 is 0.607 bits per heavy atom. The molecule has 0 spiro atoms. The average molecular weight is 424 g/mol. The van der Waals surface area contributed by atoms with E-state index in [1.165, 1.54) is 0 Å². The zero-order valence-electron chi connectivity index (χ0n) is 15.2. The van der Waals surface area contributed by atoms with Crippen LogP contribution in [0.2, 0.25) is 5.15 Å². The van der Waals surface area contributed by atoms with Gasteiger partial charge < -0.3 is 0 Å². The first-order valence-electron chi connectivity index (χ1n) is 9.11. The topological polar surface area (TPSA) is 12.9 Å². The van der Waals surface area contributed by atoms with Crippen LogP contribution in [-0.4, -0.2) is 4.98 Å². The van der Waals surface area contributed by atoms with Crippen LogP contribution >= 0.6 is 28.8 Å². The van der Waals surface area contributed by atoms with E-state index in [1.54, 1.807) is 0 Å². The van der Waals surface area contributed by atoms with E-state index in [0.29, 0.717) is 11.3 Å². The molecule has 0 radical (unpaired) electrons. The van der Waals surface area contributed by atoms with Gasteiger partial charge in [-0.15, -0.1) is 0 Å². The van der Waals surface area contributed by atoms with Crippen molar-refractivity contribution in [2.75, 3.05) is 0 Å². The van der Waals surface area contributed by atoms with Gasteiger partial charge in [0.05, 0.1) is 0 Å². The number of hydrogen-bond acceptors (Lipinski definition) is 1. The first-order chi connectivity index (χ1) is 13.6. The third-order valence-electron chi connectivity index (χ3n) is 5.15. The minimum absolute atomic E-state index is 0.484. The summed E-state index contributed by atoms with van der Waals surface area (Å²) < 4.78 is 0. The van der Waals surface area contributed by atoms with Crippen LogP contribution in [0.4, 0.5) is 0 Å². The van der Waals surface area contributed by atoms with E-state index in [0.717, 1.165) is 21.5 Å². The first-order valence-corrected chi connectivity index (χ1v) is 12.8. The molecular formula is C24H20Cl2NP. The van der Waals surface area contributed by atoms with Crippen LogP contribution < -0.4 is 15.9 Å². The summed E-state index contributed by atoms with van der Waals surface area (Å²) in [6.07, 6.45) is 2.50. The van der Waals surface area contributed by atoms with Crippen molar-refractivity contribution in [2.45, 2.75) is 6.16 Å². The number of nitrogens with zero attached hydrogens (tertiary/aromatic N) is 1. The Balaban J connectivity index is 2.07. The Morgan fingerprint density at radius 2 is 1.04 bits per heavy atom. The fraction of sp³-hybridized carbons (Fsp3) is 0.0417. The van der Waals surface area contributed by atoms with Gasteiger partial charge in [-0.25, -0.2) is 0 Å². The van der Waals surface area contributed by atoms with Gasteiger partial charge in [-0.2, -0.15) is 0 Å². The molecule has 0 saturated heterocycles. The van der Waals surface area contributed by atoms with E-state index in [4.69, 9.17) is 22.8 Å². The van der Waals surface area contributed by atoms with Crippen LogP contribution in [0.1, 0.15) is 5.56 Å². The second-order valence-corrected chi connectivity index (χ2v) is 13.7. The van der Waals surface area contributed by atoms with E-state index in [1.807, 2.05) is 36.5 Å². The molecule has 0 unspecified atom stereocenters. The van der Waals surface area contributed by atoms with Crippen LogP contribution in [0, 0.1) is 0 Å². The molecule has 1 nitrogen and oxygen atoms in total. The summed E-state index contributed by atoms with van der Waals surface area (Å²) >= 11 is 14.1. The van der Waals surface area contributed by atoms with Crippen LogP contribution in [0.25, 0.3) is 0 Å². The minimum atomic E-state index is -3.31. The molecule has 140 valence electrons. The summed E-state index contributed by atoms with van der Waals surface area (Å²) in [7, 11) is 0. The van der Waals surface area contributed by atoms with Gasteiger partial charge in [-0.1, -0.05) is 0 Å². The van der Waals surface area contributed by atoms with E-state index in [9.17, 15) is 0 Å². The zero-order valence-corrected chi connectivity index (χ0v) is 17.7. The molecule has 4 rings (SSSR count). The summed E-state index contributed by atoms with van der Waals surface area (Å²) in [6.45, 7) is 0. The molecule has 1 heterocycles. The molecule has 0 amide bonds. The molecule has 1 aromatic heterocycles. The third-order valence-corrected chi connectivity index (χ3v) is 12.6. The summed E-state index contributed by atoms with van der Waals surface area (Å²) in [5.74, 6) is -3.31. The average Bonchev–Trinajstić information content (AvgIpc) is 2.77. The molecule has 0 N–H and O–H groups in total. The van der Waals surface area contributed by atoms with Gasteiger partial charge in [0.15, 0.2) is 0 Å². The molecule has 0 aliphatic rings. The Morgan fingerprint density at radius 3 is 1.39 bits per heavy atom. The Kier molecular flexibility index (Phi) is 5.25. The standard InChI is InChI=1S/C24H20Cl2NP/c25-24-17-16-20(18-27-24)19-28(26,21-10-4-1-5-11-21,22-12-6-2-7-13-22)23-14-8-3-9-15-23/h1-18H,19H2. The zero-order chi connectivity index (χ0) is 19.5. The summed E-state index contributed by atoms with van der Waals surface area (Å²) in [5, 5.41) is 3.91. The van der Waals surface area contributed by atoms with Crippen LogP contribution in [-0.2, 0) is 6.16 Å². The number of pyridine rings is 1. The van der Waals surface area contributed by atoms with Crippen molar-refractivity contribution < 1.29 is 0 Å². The van der Waals surface area contributed by atoms with E-state index >= 15 is 0 Å². The maximum absolute atomic E-state index is 8.02. The van der Waals surface area contributed by atoms with Crippen molar-refractivity contribution in [2.24, 2.45) is 0 Å². The van der Waals surface area contributed by atoms with Gasteiger partial charge in [0.25, 0.3) is 0 Å². The summed E-state index contributed by atoms with van der Waals surface area (Å²) in [6, 6.07) is 35.2. The molecule has 4 heteroatoms. The monoisotopic (exact) mass is 423 g/mol. The van der Waals surface area contributed by atoms with Crippen molar-refractivity contribution >= 4 is 44.7 Å². The summed E-state index contributed by atoms with van der Waals surface area (Å²) in [5.41, 5.74) is 1.06. The van der Waals surface area contributed by atoms with Crippen molar-refractivity contribution in [1.82, 2.24) is 4.98 Å². The second kappa shape index (κ2) is 7.68. The molecule has 0 atom stereocenters. The Labute approximate surface area is 175 Å². The maximum atomic E-state index is 8.02. The van der Waals surface area contributed by atoms with Crippen LogP contribution in [0.15, 0.2) is 109 Å². The fourth-order valence-electron chi connectivity index (χ4n) is 3.78. The molecule has 0 aliphatic heterocycles. The number of halogens is 2. The van der Waals surface area contributed by atoms with Crippen molar-refractivity contribution in [1.29, 1.82) is 0 Å². The van der Waals surface area contributed by atoms with Gasteiger partial charge >= 0.3 is 176 Å². The quantitative estimate of drug-likeness (QED) is 0.286. The SMILES string of the molecule is Clc1ccc(CP(Cl)(c2ccccc2)(c2ccccc2)c2ccccc2)cn1. The van der Waals surface area contributed by atoms with Gasteiger partial charge in [0.2, 0.25) is 0 Å². The molecule has 4 aromatic rings.